The van der Waals surface area contributed by atoms with Crippen LogP contribution in [0.5, 0.6) is 11.5 Å². The van der Waals surface area contributed by atoms with Crippen molar-refractivity contribution < 1.29 is 23.5 Å². The van der Waals surface area contributed by atoms with Crippen LogP contribution in [0.4, 0.5) is 10.1 Å². The number of carbonyl (C=O) groups is 2. The van der Waals surface area contributed by atoms with Crippen molar-refractivity contribution in [3.8, 4) is 11.5 Å². The van der Waals surface area contributed by atoms with Crippen molar-refractivity contribution in [3.05, 3.63) is 53.8 Å². The lowest BCUT2D eigenvalue weighted by Gasteiger charge is -2.18. The average molecular weight is 358 g/mol. The van der Waals surface area contributed by atoms with Gasteiger partial charge in [0, 0.05) is 24.7 Å². The van der Waals surface area contributed by atoms with Gasteiger partial charge in [0.1, 0.15) is 5.82 Å². The molecule has 0 saturated carbocycles. The van der Waals surface area contributed by atoms with E-state index in [1.54, 1.807) is 18.2 Å². The van der Waals surface area contributed by atoms with Crippen LogP contribution in [0.15, 0.2) is 42.5 Å². The van der Waals surface area contributed by atoms with Crippen LogP contribution in [0.2, 0.25) is 0 Å². The van der Waals surface area contributed by atoms with Crippen molar-refractivity contribution in [1.82, 2.24) is 4.90 Å². The van der Waals surface area contributed by atoms with Gasteiger partial charge in [-0.3, -0.25) is 9.59 Å². The van der Waals surface area contributed by atoms with E-state index in [1.165, 1.54) is 36.2 Å². The van der Waals surface area contributed by atoms with E-state index >= 15 is 0 Å². The number of nitrogens with zero attached hydrogens (tertiary/aromatic N) is 1. The number of halogens is 1. The summed E-state index contributed by atoms with van der Waals surface area (Å²) in [5, 5.41) is 2.62. The van der Waals surface area contributed by atoms with Crippen molar-refractivity contribution in [2.75, 3.05) is 32.1 Å². The second-order valence-electron chi connectivity index (χ2n) is 5.93. The van der Waals surface area contributed by atoms with Crippen LogP contribution < -0.4 is 14.8 Å². The molecular formula is C19H19FN2O4. The number of carbonyl (C=O) groups excluding carboxylic acids is 2. The zero-order valence-electron chi connectivity index (χ0n) is 14.3. The molecular weight excluding hydrogens is 339 g/mol. The Morgan fingerprint density at radius 2 is 1.77 bits per heavy atom. The molecule has 0 radical (unpaired) electrons. The quantitative estimate of drug-likeness (QED) is 0.913. The predicted octanol–water partition coefficient (Wildman–Crippen LogP) is 2.70. The van der Waals surface area contributed by atoms with Crippen molar-refractivity contribution in [2.24, 2.45) is 0 Å². The lowest BCUT2D eigenvalue weighted by molar-refractivity contribution is -0.116. The molecule has 136 valence electrons. The number of fused-ring (bicyclic) bond motifs is 1. The molecule has 0 aromatic heterocycles. The molecule has 1 heterocycles. The lowest BCUT2D eigenvalue weighted by atomic mass is 10.1. The molecule has 0 fully saturated rings. The Morgan fingerprint density at radius 3 is 2.50 bits per heavy atom. The minimum absolute atomic E-state index is 0.134. The monoisotopic (exact) mass is 358 g/mol. The maximum absolute atomic E-state index is 12.9. The van der Waals surface area contributed by atoms with E-state index in [0.717, 1.165) is 6.42 Å². The zero-order chi connectivity index (χ0) is 18.5. The molecule has 1 N–H and O–H groups in total. The van der Waals surface area contributed by atoms with Gasteiger partial charge in [-0.1, -0.05) is 0 Å². The van der Waals surface area contributed by atoms with Crippen LogP contribution in [-0.2, 0) is 4.79 Å². The summed E-state index contributed by atoms with van der Waals surface area (Å²) in [7, 11) is 1.54. The molecule has 0 atom stereocenters. The molecule has 7 heteroatoms. The molecule has 2 aromatic carbocycles. The van der Waals surface area contributed by atoms with Gasteiger partial charge in [0.25, 0.3) is 5.91 Å². The summed E-state index contributed by atoms with van der Waals surface area (Å²) in [6.07, 6.45) is 0.779. The SMILES string of the molecule is CN(CC(=O)Nc1ccc(F)cc1)C(=O)c1ccc2c(c1)OCCCO2. The topological polar surface area (TPSA) is 67.9 Å². The Bertz CT molecular complexity index is 808. The summed E-state index contributed by atoms with van der Waals surface area (Å²) in [4.78, 5) is 25.9. The number of ether oxygens (including phenoxy) is 2. The third-order valence-corrected chi connectivity index (χ3v) is 3.85. The van der Waals surface area contributed by atoms with Gasteiger partial charge in [-0.2, -0.15) is 0 Å². The largest absolute Gasteiger partial charge is 0.490 e. The molecule has 2 aromatic rings. The van der Waals surface area contributed by atoms with Gasteiger partial charge >= 0.3 is 0 Å². The molecule has 0 unspecified atom stereocenters. The minimum Gasteiger partial charge on any atom is -0.490 e. The number of likely N-dealkylation sites (N-methyl/N-ethyl adjacent to an activating group) is 1. The predicted molar refractivity (Wildman–Crippen MR) is 94.0 cm³/mol. The van der Waals surface area contributed by atoms with Crippen LogP contribution in [0.3, 0.4) is 0 Å². The summed E-state index contributed by atoms with van der Waals surface area (Å²) in [6.45, 7) is 0.967. The fourth-order valence-corrected chi connectivity index (χ4v) is 2.54. The number of benzene rings is 2. The first-order valence-electron chi connectivity index (χ1n) is 8.23. The van der Waals surface area contributed by atoms with E-state index in [4.69, 9.17) is 9.47 Å². The summed E-state index contributed by atoms with van der Waals surface area (Å²) in [5.41, 5.74) is 0.874. The lowest BCUT2D eigenvalue weighted by Crippen LogP contribution is -2.34. The Balaban J connectivity index is 1.63. The minimum atomic E-state index is -0.385. The standard InChI is InChI=1S/C19H19FN2O4/c1-22(12-18(23)21-15-6-4-14(20)5-7-15)19(24)13-3-8-16-17(11-13)26-10-2-9-25-16/h3-8,11H,2,9-10,12H2,1H3,(H,21,23). The molecule has 0 saturated heterocycles. The third-order valence-electron chi connectivity index (χ3n) is 3.85. The Labute approximate surface area is 150 Å². The van der Waals surface area contributed by atoms with E-state index in [9.17, 15) is 14.0 Å². The molecule has 2 amide bonds. The maximum atomic E-state index is 12.9. The van der Waals surface area contributed by atoms with Gasteiger partial charge in [0.2, 0.25) is 5.91 Å². The van der Waals surface area contributed by atoms with Crippen molar-refractivity contribution >= 4 is 17.5 Å². The first-order chi connectivity index (χ1) is 12.5. The molecule has 6 nitrogen and oxygen atoms in total. The average Bonchev–Trinajstić information content (AvgIpc) is 2.87. The van der Waals surface area contributed by atoms with Crippen molar-refractivity contribution in [2.45, 2.75) is 6.42 Å². The molecule has 1 aliphatic rings. The highest BCUT2D eigenvalue weighted by Gasteiger charge is 2.18. The molecule has 3 rings (SSSR count). The van der Waals surface area contributed by atoms with Crippen LogP contribution in [0.1, 0.15) is 16.8 Å². The van der Waals surface area contributed by atoms with Gasteiger partial charge in [-0.25, -0.2) is 4.39 Å². The number of anilines is 1. The van der Waals surface area contributed by atoms with E-state index in [1.807, 2.05) is 0 Å². The van der Waals surface area contributed by atoms with E-state index in [0.29, 0.717) is 36.0 Å². The number of nitrogens with one attached hydrogen (secondary N) is 1. The first-order valence-corrected chi connectivity index (χ1v) is 8.23. The molecule has 0 spiro atoms. The maximum Gasteiger partial charge on any atom is 0.254 e. The number of hydrogen-bond acceptors (Lipinski definition) is 4. The fraction of sp³-hybridized carbons (Fsp3) is 0.263. The fourth-order valence-electron chi connectivity index (χ4n) is 2.54. The third kappa shape index (κ3) is 4.30. The molecule has 0 aliphatic carbocycles. The first kappa shape index (κ1) is 17.7. The van der Waals surface area contributed by atoms with Gasteiger partial charge < -0.3 is 19.7 Å². The normalized spacial score (nSPS) is 12.8. The summed E-state index contributed by atoms with van der Waals surface area (Å²) in [6, 6.07) is 10.4. The second kappa shape index (κ2) is 7.86. The van der Waals surface area contributed by atoms with Gasteiger partial charge in [0.15, 0.2) is 11.5 Å². The van der Waals surface area contributed by atoms with Crippen LogP contribution >= 0.6 is 0 Å². The number of rotatable bonds is 4. The van der Waals surface area contributed by atoms with Gasteiger partial charge in [0.05, 0.1) is 19.8 Å². The molecule has 0 bridgehead atoms. The summed E-state index contributed by atoms with van der Waals surface area (Å²) < 4.78 is 24.0. The van der Waals surface area contributed by atoms with Gasteiger partial charge in [-0.15, -0.1) is 0 Å². The summed E-state index contributed by atoms with van der Waals surface area (Å²) >= 11 is 0. The molecule has 26 heavy (non-hydrogen) atoms. The highest BCUT2D eigenvalue weighted by molar-refractivity contribution is 5.99. The van der Waals surface area contributed by atoms with E-state index < -0.39 is 0 Å². The van der Waals surface area contributed by atoms with Crippen molar-refractivity contribution in [3.63, 3.8) is 0 Å². The van der Waals surface area contributed by atoms with Gasteiger partial charge in [-0.05, 0) is 42.5 Å². The number of amides is 2. The summed E-state index contributed by atoms with van der Waals surface area (Å²) in [5.74, 6) is 0.0645. The highest BCUT2D eigenvalue weighted by atomic mass is 19.1. The van der Waals surface area contributed by atoms with Crippen LogP contribution in [0.25, 0.3) is 0 Å². The highest BCUT2D eigenvalue weighted by Crippen LogP contribution is 2.30. The molecule has 1 aliphatic heterocycles. The van der Waals surface area contributed by atoms with Crippen LogP contribution in [-0.4, -0.2) is 43.5 Å². The van der Waals surface area contributed by atoms with E-state index in [2.05, 4.69) is 5.32 Å². The smallest absolute Gasteiger partial charge is 0.254 e. The van der Waals surface area contributed by atoms with Crippen LogP contribution in [0, 0.1) is 5.82 Å². The second-order valence-corrected chi connectivity index (χ2v) is 5.93. The van der Waals surface area contributed by atoms with Crippen molar-refractivity contribution in [1.29, 1.82) is 0 Å². The Hall–Kier alpha value is -3.09. The number of hydrogen-bond donors (Lipinski definition) is 1. The Kier molecular flexibility index (Phi) is 5.36. The zero-order valence-corrected chi connectivity index (χ0v) is 14.3. The Morgan fingerprint density at radius 1 is 1.08 bits per heavy atom. The van der Waals surface area contributed by atoms with E-state index in [-0.39, 0.29) is 24.2 Å².